The molecule has 0 atom stereocenters. The second kappa shape index (κ2) is 8.37. The quantitative estimate of drug-likeness (QED) is 0.707. The first-order valence-corrected chi connectivity index (χ1v) is 6.68. The number of ether oxygens (including phenoxy) is 1. The number of aliphatic hydroxyl groups excluding tert-OH is 1. The number of aliphatic hydroxyl groups is 1. The van der Waals surface area contributed by atoms with Crippen LogP contribution in [0.4, 0.5) is 0 Å². The van der Waals surface area contributed by atoms with E-state index in [0.29, 0.717) is 17.4 Å². The van der Waals surface area contributed by atoms with Crippen molar-refractivity contribution in [2.24, 2.45) is 0 Å². The van der Waals surface area contributed by atoms with E-state index in [1.807, 2.05) is 12.1 Å². The van der Waals surface area contributed by atoms with Gasteiger partial charge >= 0.3 is 0 Å². The fraction of sp³-hybridized carbons (Fsp3) is 0.571. The zero-order valence-corrected chi connectivity index (χ0v) is 11.2. The minimum Gasteiger partial charge on any atom is -0.492 e. The number of benzene rings is 1. The molecule has 2 nitrogen and oxygen atoms in total. The molecular formula is C14H21ClO2. The fourth-order valence-corrected chi connectivity index (χ4v) is 1.97. The SMILES string of the molecule is CCCCCCCOc1c(Cl)cccc1CO. The van der Waals surface area contributed by atoms with E-state index in [-0.39, 0.29) is 6.61 Å². The van der Waals surface area contributed by atoms with Gasteiger partial charge in [-0.1, -0.05) is 56.3 Å². The van der Waals surface area contributed by atoms with Gasteiger partial charge in [-0.15, -0.1) is 0 Å². The summed E-state index contributed by atoms with van der Waals surface area (Å²) in [5.74, 6) is 0.632. The van der Waals surface area contributed by atoms with E-state index in [1.165, 1.54) is 25.7 Å². The summed E-state index contributed by atoms with van der Waals surface area (Å²) in [5.41, 5.74) is 0.756. The highest BCUT2D eigenvalue weighted by atomic mass is 35.5. The summed E-state index contributed by atoms with van der Waals surface area (Å²) in [4.78, 5) is 0. The van der Waals surface area contributed by atoms with Gasteiger partial charge in [0.25, 0.3) is 0 Å². The van der Waals surface area contributed by atoms with Crippen LogP contribution in [0.3, 0.4) is 0 Å². The maximum Gasteiger partial charge on any atom is 0.143 e. The minimum atomic E-state index is -0.0360. The first-order chi connectivity index (χ1) is 8.29. The van der Waals surface area contributed by atoms with Gasteiger partial charge in [0, 0.05) is 5.56 Å². The van der Waals surface area contributed by atoms with Crippen molar-refractivity contribution in [3.05, 3.63) is 28.8 Å². The molecule has 1 aromatic carbocycles. The van der Waals surface area contributed by atoms with Gasteiger partial charge in [0.15, 0.2) is 0 Å². The Morgan fingerprint density at radius 1 is 1.18 bits per heavy atom. The molecule has 0 saturated carbocycles. The Bertz CT molecular complexity index is 326. The van der Waals surface area contributed by atoms with Gasteiger partial charge < -0.3 is 9.84 Å². The van der Waals surface area contributed by atoms with Crippen molar-refractivity contribution < 1.29 is 9.84 Å². The highest BCUT2D eigenvalue weighted by Gasteiger charge is 2.06. The molecule has 0 aliphatic rings. The van der Waals surface area contributed by atoms with Gasteiger partial charge in [0.05, 0.1) is 18.2 Å². The van der Waals surface area contributed by atoms with E-state index < -0.39 is 0 Å². The molecule has 0 radical (unpaired) electrons. The number of rotatable bonds is 8. The average Bonchev–Trinajstić information content (AvgIpc) is 2.35. The topological polar surface area (TPSA) is 29.5 Å². The largest absolute Gasteiger partial charge is 0.492 e. The molecule has 17 heavy (non-hydrogen) atoms. The normalized spacial score (nSPS) is 10.5. The summed E-state index contributed by atoms with van der Waals surface area (Å²) in [6.45, 7) is 2.83. The fourth-order valence-electron chi connectivity index (χ4n) is 1.72. The van der Waals surface area contributed by atoms with Crippen LogP contribution >= 0.6 is 11.6 Å². The summed E-state index contributed by atoms with van der Waals surface area (Å²) in [7, 11) is 0. The molecule has 96 valence electrons. The van der Waals surface area contributed by atoms with Crippen LogP contribution in [0.2, 0.25) is 5.02 Å². The maximum atomic E-state index is 9.18. The van der Waals surface area contributed by atoms with Crippen molar-refractivity contribution in [3.8, 4) is 5.75 Å². The molecule has 1 rings (SSSR count). The Morgan fingerprint density at radius 2 is 1.94 bits per heavy atom. The van der Waals surface area contributed by atoms with E-state index in [1.54, 1.807) is 6.07 Å². The molecule has 0 bridgehead atoms. The molecule has 1 aromatic rings. The number of hydrogen-bond donors (Lipinski definition) is 1. The van der Waals surface area contributed by atoms with Crippen LogP contribution in [0.5, 0.6) is 5.75 Å². The van der Waals surface area contributed by atoms with Crippen molar-refractivity contribution in [1.29, 1.82) is 0 Å². The molecule has 3 heteroatoms. The molecule has 0 amide bonds. The third-order valence-corrected chi connectivity index (χ3v) is 3.01. The molecule has 0 heterocycles. The van der Waals surface area contributed by atoms with E-state index in [4.69, 9.17) is 16.3 Å². The average molecular weight is 257 g/mol. The van der Waals surface area contributed by atoms with Crippen molar-refractivity contribution in [2.45, 2.75) is 45.6 Å². The third kappa shape index (κ3) is 4.97. The van der Waals surface area contributed by atoms with Gasteiger partial charge in [-0.3, -0.25) is 0 Å². The van der Waals surface area contributed by atoms with Crippen LogP contribution in [-0.2, 0) is 6.61 Å². The van der Waals surface area contributed by atoms with Gasteiger partial charge in [-0.25, -0.2) is 0 Å². The molecular weight excluding hydrogens is 236 g/mol. The van der Waals surface area contributed by atoms with Gasteiger partial charge in [-0.05, 0) is 12.5 Å². The monoisotopic (exact) mass is 256 g/mol. The van der Waals surface area contributed by atoms with Crippen LogP contribution in [0.15, 0.2) is 18.2 Å². The van der Waals surface area contributed by atoms with Crippen molar-refractivity contribution in [1.82, 2.24) is 0 Å². The Balaban J connectivity index is 2.35. The summed E-state index contributed by atoms with van der Waals surface area (Å²) >= 11 is 6.03. The number of halogens is 1. The van der Waals surface area contributed by atoms with Crippen molar-refractivity contribution >= 4 is 11.6 Å². The molecule has 0 fully saturated rings. The molecule has 0 aliphatic heterocycles. The van der Waals surface area contributed by atoms with E-state index in [0.717, 1.165) is 12.0 Å². The first-order valence-electron chi connectivity index (χ1n) is 6.30. The number of hydrogen-bond acceptors (Lipinski definition) is 2. The standard InChI is InChI=1S/C14H21ClO2/c1-2-3-4-5-6-10-17-14-12(11-16)8-7-9-13(14)15/h7-9,16H,2-6,10-11H2,1H3. The summed E-state index contributed by atoms with van der Waals surface area (Å²) < 4.78 is 5.65. The summed E-state index contributed by atoms with van der Waals surface area (Å²) in [6, 6.07) is 5.44. The molecule has 0 unspecified atom stereocenters. The Morgan fingerprint density at radius 3 is 2.65 bits per heavy atom. The lowest BCUT2D eigenvalue weighted by atomic mass is 10.1. The molecule has 0 spiro atoms. The highest BCUT2D eigenvalue weighted by molar-refractivity contribution is 6.32. The van der Waals surface area contributed by atoms with E-state index in [9.17, 15) is 5.11 Å². The lowest BCUT2D eigenvalue weighted by molar-refractivity contribution is 0.260. The Hall–Kier alpha value is -0.730. The molecule has 0 saturated heterocycles. The predicted molar refractivity (Wildman–Crippen MR) is 71.6 cm³/mol. The molecule has 1 N–H and O–H groups in total. The smallest absolute Gasteiger partial charge is 0.143 e. The van der Waals surface area contributed by atoms with E-state index >= 15 is 0 Å². The van der Waals surface area contributed by atoms with Crippen molar-refractivity contribution in [3.63, 3.8) is 0 Å². The van der Waals surface area contributed by atoms with Crippen LogP contribution in [0, 0.1) is 0 Å². The molecule has 0 aromatic heterocycles. The Labute approximate surface area is 109 Å². The zero-order valence-electron chi connectivity index (χ0n) is 10.4. The summed E-state index contributed by atoms with van der Waals surface area (Å²) in [6.07, 6.45) is 6.02. The van der Waals surface area contributed by atoms with E-state index in [2.05, 4.69) is 6.92 Å². The predicted octanol–water partition coefficient (Wildman–Crippen LogP) is 4.18. The lowest BCUT2D eigenvalue weighted by Crippen LogP contribution is -2.01. The van der Waals surface area contributed by atoms with Crippen LogP contribution in [0.1, 0.15) is 44.6 Å². The molecule has 0 aliphatic carbocycles. The number of unbranched alkanes of at least 4 members (excludes halogenated alkanes) is 4. The lowest BCUT2D eigenvalue weighted by Gasteiger charge is -2.11. The first kappa shape index (κ1) is 14.3. The third-order valence-electron chi connectivity index (χ3n) is 2.71. The van der Waals surface area contributed by atoms with Crippen molar-refractivity contribution in [2.75, 3.05) is 6.61 Å². The highest BCUT2D eigenvalue weighted by Crippen LogP contribution is 2.28. The van der Waals surface area contributed by atoms with Crippen LogP contribution < -0.4 is 4.74 Å². The van der Waals surface area contributed by atoms with Gasteiger partial charge in [-0.2, -0.15) is 0 Å². The maximum absolute atomic E-state index is 9.18. The van der Waals surface area contributed by atoms with Crippen LogP contribution in [0.25, 0.3) is 0 Å². The van der Waals surface area contributed by atoms with Gasteiger partial charge in [0.1, 0.15) is 5.75 Å². The minimum absolute atomic E-state index is 0.0360. The summed E-state index contributed by atoms with van der Waals surface area (Å²) in [5, 5.41) is 9.75. The second-order valence-corrected chi connectivity index (χ2v) is 4.56. The zero-order chi connectivity index (χ0) is 12.5. The Kier molecular flexibility index (Phi) is 7.06. The van der Waals surface area contributed by atoms with Crippen LogP contribution in [-0.4, -0.2) is 11.7 Å². The van der Waals surface area contributed by atoms with Gasteiger partial charge in [0.2, 0.25) is 0 Å². The number of para-hydroxylation sites is 1. The second-order valence-electron chi connectivity index (χ2n) is 4.15.